The topological polar surface area (TPSA) is 84.9 Å². The largest absolute Gasteiger partial charge is 0.444 e. The quantitative estimate of drug-likeness (QED) is 0.737. The molecule has 2 amide bonds. The average Bonchev–Trinajstić information content (AvgIpc) is 3.26. The Morgan fingerprint density at radius 3 is 2.69 bits per heavy atom. The third-order valence-electron chi connectivity index (χ3n) is 5.87. The minimum absolute atomic E-state index is 0.195. The van der Waals surface area contributed by atoms with E-state index in [4.69, 9.17) is 14.5 Å². The van der Waals surface area contributed by atoms with Crippen LogP contribution in [-0.4, -0.2) is 51.3 Å². The zero-order valence-corrected chi connectivity index (χ0v) is 17.5. The van der Waals surface area contributed by atoms with Crippen LogP contribution in [0.25, 0.3) is 0 Å². The Hall–Kier alpha value is -2.38. The Kier molecular flexibility index (Phi) is 5.12. The molecule has 4 rings (SSSR count). The van der Waals surface area contributed by atoms with E-state index < -0.39 is 5.60 Å². The zero-order chi connectivity index (χ0) is 20.6. The van der Waals surface area contributed by atoms with Crippen molar-refractivity contribution in [1.82, 2.24) is 14.9 Å². The number of hydrogen-bond acceptors (Lipinski definition) is 6. The van der Waals surface area contributed by atoms with Gasteiger partial charge in [-0.3, -0.25) is 14.8 Å². The fraction of sp³-hybridized carbons (Fsp3) is 0.714. The fourth-order valence-corrected chi connectivity index (χ4v) is 4.53. The van der Waals surface area contributed by atoms with E-state index in [1.165, 1.54) is 6.42 Å². The van der Waals surface area contributed by atoms with Crippen LogP contribution >= 0.6 is 0 Å². The molecule has 2 aliphatic heterocycles. The maximum atomic E-state index is 12.6. The van der Waals surface area contributed by atoms with Gasteiger partial charge in [0.05, 0.1) is 30.7 Å². The number of likely N-dealkylation sites (tertiary alicyclic amines) is 1. The smallest absolute Gasteiger partial charge is 0.416 e. The molecule has 8 heteroatoms. The van der Waals surface area contributed by atoms with E-state index in [2.05, 4.69) is 4.98 Å². The van der Waals surface area contributed by atoms with E-state index in [-0.39, 0.29) is 23.8 Å². The van der Waals surface area contributed by atoms with Crippen LogP contribution in [0.4, 0.5) is 15.4 Å². The molecule has 158 valence electrons. The van der Waals surface area contributed by atoms with E-state index in [1.807, 2.05) is 20.8 Å². The summed E-state index contributed by atoms with van der Waals surface area (Å²) < 4.78 is 11.3. The molecule has 1 aliphatic carbocycles. The van der Waals surface area contributed by atoms with Gasteiger partial charge in [0.15, 0.2) is 5.82 Å². The number of carbonyl (C=O) groups excluding carboxylic acids is 2. The van der Waals surface area contributed by atoms with Crippen molar-refractivity contribution in [3.05, 3.63) is 18.1 Å². The number of rotatable bonds is 2. The highest BCUT2D eigenvalue weighted by Gasteiger charge is 2.47. The molecule has 0 N–H and O–H groups in total. The normalized spacial score (nSPS) is 24.1. The van der Waals surface area contributed by atoms with Crippen LogP contribution in [-0.2, 0) is 9.47 Å². The van der Waals surface area contributed by atoms with Crippen molar-refractivity contribution in [2.45, 2.75) is 83.0 Å². The van der Waals surface area contributed by atoms with Crippen molar-refractivity contribution >= 4 is 18.0 Å². The highest BCUT2D eigenvalue weighted by Crippen LogP contribution is 2.39. The van der Waals surface area contributed by atoms with Crippen molar-refractivity contribution in [3.8, 4) is 0 Å². The number of hydrogen-bond donors (Lipinski definition) is 0. The van der Waals surface area contributed by atoms with Gasteiger partial charge in [0, 0.05) is 6.54 Å². The van der Waals surface area contributed by atoms with E-state index in [9.17, 15) is 9.59 Å². The van der Waals surface area contributed by atoms with Gasteiger partial charge >= 0.3 is 12.2 Å². The van der Waals surface area contributed by atoms with Crippen LogP contribution < -0.4 is 4.90 Å². The Labute approximate surface area is 171 Å². The Morgan fingerprint density at radius 2 is 1.97 bits per heavy atom. The Balaban J connectivity index is 1.53. The maximum absolute atomic E-state index is 12.6. The second-order valence-electron chi connectivity index (χ2n) is 9.33. The molecule has 3 fully saturated rings. The molecule has 3 heterocycles. The minimum atomic E-state index is -0.550. The van der Waals surface area contributed by atoms with Crippen LogP contribution in [0.15, 0.2) is 12.4 Å². The van der Waals surface area contributed by atoms with Crippen molar-refractivity contribution in [2.75, 3.05) is 18.0 Å². The molecule has 3 aliphatic rings. The molecule has 0 bridgehead atoms. The number of aromatic nitrogens is 2. The molecular weight excluding hydrogens is 372 g/mol. The summed E-state index contributed by atoms with van der Waals surface area (Å²) in [7, 11) is 0. The van der Waals surface area contributed by atoms with E-state index in [0.29, 0.717) is 24.6 Å². The molecule has 0 radical (unpaired) electrons. The number of amides is 2. The predicted octanol–water partition coefficient (Wildman–Crippen LogP) is 4.21. The highest BCUT2D eigenvalue weighted by atomic mass is 16.6. The molecule has 29 heavy (non-hydrogen) atoms. The van der Waals surface area contributed by atoms with Crippen LogP contribution in [0.5, 0.6) is 0 Å². The second kappa shape index (κ2) is 7.46. The molecular formula is C21H30N4O4. The monoisotopic (exact) mass is 402 g/mol. The maximum Gasteiger partial charge on any atom is 0.416 e. The molecule has 1 saturated carbocycles. The molecule has 0 unspecified atom stereocenters. The fourth-order valence-electron chi connectivity index (χ4n) is 4.53. The number of nitrogens with zero attached hydrogens (tertiary/aromatic N) is 4. The molecule has 0 aromatic carbocycles. The van der Waals surface area contributed by atoms with Gasteiger partial charge in [0.2, 0.25) is 0 Å². The van der Waals surface area contributed by atoms with E-state index in [1.54, 1.807) is 22.2 Å². The summed E-state index contributed by atoms with van der Waals surface area (Å²) in [5, 5.41) is 0. The third-order valence-corrected chi connectivity index (χ3v) is 5.87. The summed E-state index contributed by atoms with van der Waals surface area (Å²) in [6.45, 7) is 6.72. The Morgan fingerprint density at radius 1 is 1.21 bits per heavy atom. The lowest BCUT2D eigenvalue weighted by molar-refractivity contribution is 0.0219. The van der Waals surface area contributed by atoms with Crippen LogP contribution in [0.3, 0.4) is 0 Å². The number of ether oxygens (including phenoxy) is 2. The predicted molar refractivity (Wildman–Crippen MR) is 107 cm³/mol. The van der Waals surface area contributed by atoms with Crippen molar-refractivity contribution < 1.29 is 19.1 Å². The summed E-state index contributed by atoms with van der Waals surface area (Å²) in [6, 6.07) is -0.195. The Bertz CT molecular complexity index is 785. The lowest BCUT2D eigenvalue weighted by atomic mass is 9.85. The zero-order valence-electron chi connectivity index (χ0n) is 17.5. The van der Waals surface area contributed by atoms with Gasteiger partial charge in [-0.2, -0.15) is 0 Å². The number of carbonyl (C=O) groups is 2. The summed E-state index contributed by atoms with van der Waals surface area (Å²) in [5.41, 5.74) is -0.253. The summed E-state index contributed by atoms with van der Waals surface area (Å²) in [5.74, 6) is 0.492. The molecule has 8 nitrogen and oxygen atoms in total. The average molecular weight is 402 g/mol. The second-order valence-corrected chi connectivity index (χ2v) is 9.33. The molecule has 1 spiro atoms. The standard InChI is InChI=1S/C21H30N4O4/c1-20(2,3)28-18(26)24-11-7-8-16(24)15-12-22-13-17(23-15)25-14-21(29-19(25)27)9-5-4-6-10-21/h12-13,16H,4-11,14H2,1-3H3/t16-/m1/s1. The molecule has 1 atom stereocenters. The first-order valence-corrected chi connectivity index (χ1v) is 10.6. The summed E-state index contributed by atoms with van der Waals surface area (Å²) in [6.07, 6.45) is 9.41. The molecule has 1 aromatic heterocycles. The van der Waals surface area contributed by atoms with Gasteiger partial charge in [-0.1, -0.05) is 6.42 Å². The lowest BCUT2D eigenvalue weighted by Gasteiger charge is -2.30. The first kappa shape index (κ1) is 19.9. The SMILES string of the molecule is CC(C)(C)OC(=O)N1CCC[C@@H]1c1cncc(N2CC3(CCCCC3)OC2=O)n1. The van der Waals surface area contributed by atoms with Crippen molar-refractivity contribution in [1.29, 1.82) is 0 Å². The van der Waals surface area contributed by atoms with E-state index in [0.717, 1.165) is 38.5 Å². The van der Waals surface area contributed by atoms with Crippen LogP contribution in [0.1, 0.15) is 77.5 Å². The summed E-state index contributed by atoms with van der Waals surface area (Å²) in [4.78, 5) is 37.5. The van der Waals surface area contributed by atoms with Gasteiger partial charge in [0.25, 0.3) is 0 Å². The van der Waals surface area contributed by atoms with Gasteiger partial charge in [-0.25, -0.2) is 14.6 Å². The highest BCUT2D eigenvalue weighted by molar-refractivity contribution is 5.89. The van der Waals surface area contributed by atoms with Gasteiger partial charge in [-0.05, 0) is 59.3 Å². The lowest BCUT2D eigenvalue weighted by Crippen LogP contribution is -2.37. The molecule has 2 saturated heterocycles. The first-order valence-electron chi connectivity index (χ1n) is 10.6. The van der Waals surface area contributed by atoms with Gasteiger partial charge < -0.3 is 9.47 Å². The minimum Gasteiger partial charge on any atom is -0.444 e. The summed E-state index contributed by atoms with van der Waals surface area (Å²) >= 11 is 0. The van der Waals surface area contributed by atoms with Gasteiger partial charge in [-0.15, -0.1) is 0 Å². The first-order chi connectivity index (χ1) is 13.8. The van der Waals surface area contributed by atoms with Crippen LogP contribution in [0, 0.1) is 0 Å². The molecule has 1 aromatic rings. The van der Waals surface area contributed by atoms with Crippen LogP contribution in [0.2, 0.25) is 0 Å². The number of anilines is 1. The van der Waals surface area contributed by atoms with Crippen molar-refractivity contribution in [3.63, 3.8) is 0 Å². The van der Waals surface area contributed by atoms with Crippen molar-refractivity contribution in [2.24, 2.45) is 0 Å². The third kappa shape index (κ3) is 4.16. The van der Waals surface area contributed by atoms with E-state index >= 15 is 0 Å². The van der Waals surface area contributed by atoms with Gasteiger partial charge in [0.1, 0.15) is 11.2 Å².